The topological polar surface area (TPSA) is 72.6 Å². The molecule has 2 unspecified atom stereocenters. The number of benzene rings is 1. The lowest BCUT2D eigenvalue weighted by Gasteiger charge is -2.41. The third-order valence-corrected chi connectivity index (χ3v) is 4.58. The largest absolute Gasteiger partial charge is 0.497 e. The van der Waals surface area contributed by atoms with Gasteiger partial charge in [0.25, 0.3) is 0 Å². The molecule has 1 aromatic carbocycles. The van der Waals surface area contributed by atoms with Crippen molar-refractivity contribution >= 4 is 5.97 Å². The Morgan fingerprint density at radius 2 is 2.25 bits per heavy atom. The molecule has 110 valence electrons. The zero-order valence-corrected chi connectivity index (χ0v) is 12.2. The molecular formula is C16H23NO3. The van der Waals surface area contributed by atoms with E-state index in [9.17, 15) is 9.90 Å². The minimum atomic E-state index is -0.764. The van der Waals surface area contributed by atoms with Crippen LogP contribution in [0, 0.1) is 5.41 Å². The van der Waals surface area contributed by atoms with Gasteiger partial charge < -0.3 is 15.6 Å². The Hall–Kier alpha value is -1.55. The Bertz CT molecular complexity index is 500. The molecule has 0 saturated carbocycles. The molecule has 0 bridgehead atoms. The van der Waals surface area contributed by atoms with Crippen molar-refractivity contribution in [3.63, 3.8) is 0 Å². The standard InChI is InChI=1S/C16H23NO3/c1-3-14(17)16(10-15(18)19)7-6-11-4-5-13(20-2)8-12(11)9-16/h4-5,8,14H,3,6-7,9-10,17H2,1-2H3,(H,18,19). The molecule has 0 amide bonds. The molecule has 4 nitrogen and oxygen atoms in total. The van der Waals surface area contributed by atoms with Crippen molar-refractivity contribution in [1.29, 1.82) is 0 Å². The van der Waals surface area contributed by atoms with Gasteiger partial charge in [-0.1, -0.05) is 13.0 Å². The lowest BCUT2D eigenvalue weighted by Crippen LogP contribution is -2.46. The second-order valence-corrected chi connectivity index (χ2v) is 5.76. The van der Waals surface area contributed by atoms with Crippen LogP contribution in [0.4, 0.5) is 0 Å². The molecule has 1 aliphatic rings. The molecule has 4 heteroatoms. The van der Waals surface area contributed by atoms with Gasteiger partial charge in [0.1, 0.15) is 5.75 Å². The van der Waals surface area contributed by atoms with E-state index in [1.54, 1.807) is 7.11 Å². The van der Waals surface area contributed by atoms with Gasteiger partial charge in [0.2, 0.25) is 0 Å². The third kappa shape index (κ3) is 2.80. The number of hydrogen-bond donors (Lipinski definition) is 2. The number of carboxylic acids is 1. The first-order valence-electron chi connectivity index (χ1n) is 7.14. The molecule has 0 radical (unpaired) electrons. The van der Waals surface area contributed by atoms with Gasteiger partial charge >= 0.3 is 5.97 Å². The monoisotopic (exact) mass is 277 g/mol. The van der Waals surface area contributed by atoms with Crippen molar-refractivity contribution in [3.8, 4) is 5.75 Å². The molecule has 1 aliphatic carbocycles. The van der Waals surface area contributed by atoms with Crippen LogP contribution in [0.15, 0.2) is 18.2 Å². The Morgan fingerprint density at radius 3 is 2.85 bits per heavy atom. The fourth-order valence-corrected chi connectivity index (χ4v) is 3.32. The molecule has 1 aromatic rings. The number of aliphatic carboxylic acids is 1. The number of fused-ring (bicyclic) bond motifs is 1. The Labute approximate surface area is 119 Å². The van der Waals surface area contributed by atoms with Crippen molar-refractivity contribution < 1.29 is 14.6 Å². The van der Waals surface area contributed by atoms with E-state index in [0.717, 1.165) is 31.4 Å². The zero-order chi connectivity index (χ0) is 14.8. The molecular weight excluding hydrogens is 254 g/mol. The Morgan fingerprint density at radius 1 is 1.50 bits per heavy atom. The van der Waals surface area contributed by atoms with Crippen LogP contribution >= 0.6 is 0 Å². The van der Waals surface area contributed by atoms with Crippen molar-refractivity contribution in [2.45, 2.75) is 45.1 Å². The van der Waals surface area contributed by atoms with Crippen molar-refractivity contribution in [3.05, 3.63) is 29.3 Å². The minimum Gasteiger partial charge on any atom is -0.497 e. The molecule has 20 heavy (non-hydrogen) atoms. The lowest BCUT2D eigenvalue weighted by molar-refractivity contribution is -0.140. The van der Waals surface area contributed by atoms with Crippen LogP contribution in [-0.4, -0.2) is 24.2 Å². The fourth-order valence-electron chi connectivity index (χ4n) is 3.32. The van der Waals surface area contributed by atoms with Crippen LogP contribution in [0.1, 0.15) is 37.3 Å². The Kier molecular flexibility index (Phi) is 4.33. The molecule has 3 N–H and O–H groups in total. The number of rotatable bonds is 5. The third-order valence-electron chi connectivity index (χ3n) is 4.58. The molecule has 0 aliphatic heterocycles. The van der Waals surface area contributed by atoms with Crippen LogP contribution in [0.3, 0.4) is 0 Å². The van der Waals surface area contributed by atoms with Crippen LogP contribution in [0.5, 0.6) is 5.75 Å². The number of hydrogen-bond acceptors (Lipinski definition) is 3. The normalized spacial score (nSPS) is 22.9. The molecule has 0 fully saturated rings. The van der Waals surface area contributed by atoms with E-state index in [1.807, 2.05) is 19.1 Å². The van der Waals surface area contributed by atoms with Gasteiger partial charge in [0.05, 0.1) is 13.5 Å². The second kappa shape index (κ2) is 5.83. The van der Waals surface area contributed by atoms with Crippen LogP contribution in [0.25, 0.3) is 0 Å². The first-order valence-corrected chi connectivity index (χ1v) is 7.14. The van der Waals surface area contributed by atoms with Crippen molar-refractivity contribution in [2.24, 2.45) is 11.1 Å². The summed E-state index contributed by atoms with van der Waals surface area (Å²) >= 11 is 0. The van der Waals surface area contributed by atoms with E-state index in [1.165, 1.54) is 11.1 Å². The highest BCUT2D eigenvalue weighted by atomic mass is 16.5. The fraction of sp³-hybridized carbons (Fsp3) is 0.562. The van der Waals surface area contributed by atoms with Gasteiger partial charge in [-0.05, 0) is 48.9 Å². The van der Waals surface area contributed by atoms with E-state index in [2.05, 4.69) is 6.07 Å². The van der Waals surface area contributed by atoms with Gasteiger partial charge in [-0.15, -0.1) is 0 Å². The quantitative estimate of drug-likeness (QED) is 0.866. The second-order valence-electron chi connectivity index (χ2n) is 5.76. The van der Waals surface area contributed by atoms with E-state index in [0.29, 0.717) is 0 Å². The Balaban J connectivity index is 2.34. The molecule has 2 rings (SSSR count). The maximum Gasteiger partial charge on any atom is 0.303 e. The van der Waals surface area contributed by atoms with Gasteiger partial charge in [-0.3, -0.25) is 4.79 Å². The van der Waals surface area contributed by atoms with E-state index in [-0.39, 0.29) is 17.9 Å². The lowest BCUT2D eigenvalue weighted by atomic mass is 9.65. The molecule has 0 aromatic heterocycles. The number of ether oxygens (including phenoxy) is 1. The van der Waals surface area contributed by atoms with Gasteiger partial charge in [-0.25, -0.2) is 0 Å². The van der Waals surface area contributed by atoms with E-state index >= 15 is 0 Å². The highest BCUT2D eigenvalue weighted by Gasteiger charge is 2.40. The first kappa shape index (κ1) is 14.9. The number of carbonyl (C=O) groups is 1. The van der Waals surface area contributed by atoms with E-state index in [4.69, 9.17) is 10.5 Å². The molecule has 0 heterocycles. The van der Waals surface area contributed by atoms with Crippen LogP contribution < -0.4 is 10.5 Å². The van der Waals surface area contributed by atoms with Crippen LogP contribution in [0.2, 0.25) is 0 Å². The van der Waals surface area contributed by atoms with Gasteiger partial charge in [0, 0.05) is 11.5 Å². The first-order chi connectivity index (χ1) is 9.50. The summed E-state index contributed by atoms with van der Waals surface area (Å²) in [7, 11) is 1.65. The average molecular weight is 277 g/mol. The molecule has 0 spiro atoms. The molecule has 0 saturated heterocycles. The van der Waals surface area contributed by atoms with Crippen LogP contribution in [-0.2, 0) is 17.6 Å². The summed E-state index contributed by atoms with van der Waals surface area (Å²) in [4.78, 5) is 11.2. The number of nitrogens with two attached hydrogens (primary N) is 1. The predicted molar refractivity (Wildman–Crippen MR) is 78.0 cm³/mol. The number of carboxylic acid groups (broad SMARTS) is 1. The maximum absolute atomic E-state index is 11.2. The van der Waals surface area contributed by atoms with Gasteiger partial charge in [-0.2, -0.15) is 0 Å². The smallest absolute Gasteiger partial charge is 0.303 e. The van der Waals surface area contributed by atoms with Crippen molar-refractivity contribution in [2.75, 3.05) is 7.11 Å². The minimum absolute atomic E-state index is 0.0852. The summed E-state index contributed by atoms with van der Waals surface area (Å²) < 4.78 is 5.27. The summed E-state index contributed by atoms with van der Waals surface area (Å²) in [5.74, 6) is 0.0557. The number of aryl methyl sites for hydroxylation is 1. The summed E-state index contributed by atoms with van der Waals surface area (Å²) in [6.45, 7) is 2.02. The molecule has 2 atom stereocenters. The summed E-state index contributed by atoms with van der Waals surface area (Å²) in [5.41, 5.74) is 8.40. The maximum atomic E-state index is 11.2. The highest BCUT2D eigenvalue weighted by Crippen LogP contribution is 2.42. The average Bonchev–Trinajstić information content (AvgIpc) is 2.44. The highest BCUT2D eigenvalue weighted by molar-refractivity contribution is 5.68. The summed E-state index contributed by atoms with van der Waals surface area (Å²) in [6.07, 6.45) is 3.39. The van der Waals surface area contributed by atoms with E-state index < -0.39 is 5.97 Å². The SMILES string of the molecule is CCC(N)C1(CC(=O)O)CCc2ccc(OC)cc2C1. The van der Waals surface area contributed by atoms with Crippen molar-refractivity contribution in [1.82, 2.24) is 0 Å². The summed E-state index contributed by atoms with van der Waals surface area (Å²) in [6, 6.07) is 5.98. The van der Waals surface area contributed by atoms with Gasteiger partial charge in [0.15, 0.2) is 0 Å². The number of methoxy groups -OCH3 is 1. The predicted octanol–water partition coefficient (Wildman–Crippen LogP) is 2.38. The summed E-state index contributed by atoms with van der Waals surface area (Å²) in [5, 5.41) is 9.24. The zero-order valence-electron chi connectivity index (χ0n) is 12.2.